The van der Waals surface area contributed by atoms with Gasteiger partial charge in [0.25, 0.3) is 0 Å². The lowest BCUT2D eigenvalue weighted by Crippen LogP contribution is -2.38. The van der Waals surface area contributed by atoms with Crippen molar-refractivity contribution in [3.63, 3.8) is 0 Å². The third kappa shape index (κ3) is 8.53. The van der Waals surface area contributed by atoms with Crippen molar-refractivity contribution in [3.05, 3.63) is 35.4 Å². The Morgan fingerprint density at radius 2 is 1.75 bits per heavy atom. The zero-order chi connectivity index (χ0) is 17.8. The van der Waals surface area contributed by atoms with Gasteiger partial charge in [-0.3, -0.25) is 4.79 Å². The first kappa shape index (κ1) is 20.0. The summed E-state index contributed by atoms with van der Waals surface area (Å²) in [5.41, 5.74) is 2.12. The van der Waals surface area contributed by atoms with E-state index in [1.807, 2.05) is 45.0 Å². The van der Waals surface area contributed by atoms with E-state index < -0.39 is 0 Å². The lowest BCUT2D eigenvalue weighted by Gasteiger charge is -2.12. The molecule has 0 aliphatic carbocycles. The Hall–Kier alpha value is -2.08. The van der Waals surface area contributed by atoms with Crippen molar-refractivity contribution in [1.29, 1.82) is 0 Å². The summed E-state index contributed by atoms with van der Waals surface area (Å²) in [6.45, 7) is 7.99. The Balaban J connectivity index is 2.20. The summed E-state index contributed by atoms with van der Waals surface area (Å²) in [6, 6.07) is 7.80. The van der Waals surface area contributed by atoms with Gasteiger partial charge in [-0.15, -0.1) is 0 Å². The maximum absolute atomic E-state index is 11.7. The number of benzene rings is 1. The van der Waals surface area contributed by atoms with Gasteiger partial charge in [0.05, 0.1) is 6.61 Å². The second kappa shape index (κ2) is 11.5. The number of hydrogen-bond acceptors (Lipinski definition) is 3. The highest BCUT2D eigenvalue weighted by molar-refractivity contribution is 5.78. The summed E-state index contributed by atoms with van der Waals surface area (Å²) >= 11 is 0. The highest BCUT2D eigenvalue weighted by Crippen LogP contribution is 2.05. The van der Waals surface area contributed by atoms with Crippen LogP contribution in [0, 0.1) is 0 Å². The quantitative estimate of drug-likeness (QED) is 0.614. The van der Waals surface area contributed by atoms with Gasteiger partial charge in [0.1, 0.15) is 0 Å². The van der Waals surface area contributed by atoms with Crippen molar-refractivity contribution in [2.75, 3.05) is 13.2 Å². The fourth-order valence-corrected chi connectivity index (χ4v) is 1.96. The van der Waals surface area contributed by atoms with Crippen molar-refractivity contribution >= 4 is 11.9 Å². The molecule has 1 aromatic carbocycles. The van der Waals surface area contributed by atoms with Crippen molar-refractivity contribution < 1.29 is 14.3 Å². The summed E-state index contributed by atoms with van der Waals surface area (Å²) in [6.07, 6.45) is 1.17. The normalized spacial score (nSPS) is 11.6. The number of ether oxygens (including phenoxy) is 1. The third-order valence-corrected chi connectivity index (χ3v) is 3.61. The monoisotopic (exact) mass is 335 g/mol. The van der Waals surface area contributed by atoms with Gasteiger partial charge in [-0.05, 0) is 31.4 Å². The van der Waals surface area contributed by atoms with E-state index in [9.17, 15) is 9.59 Å². The van der Waals surface area contributed by atoms with Crippen LogP contribution in [-0.2, 0) is 22.7 Å². The molecule has 0 radical (unpaired) electrons. The molecule has 0 unspecified atom stereocenters. The third-order valence-electron chi connectivity index (χ3n) is 3.61. The minimum Gasteiger partial charge on any atom is -0.377 e. The number of nitrogens with one attached hydrogen (secondary N) is 3. The van der Waals surface area contributed by atoms with Gasteiger partial charge in [-0.1, -0.05) is 31.2 Å². The molecule has 0 saturated carbocycles. The largest absolute Gasteiger partial charge is 0.377 e. The van der Waals surface area contributed by atoms with Crippen molar-refractivity contribution in [3.8, 4) is 0 Å². The van der Waals surface area contributed by atoms with E-state index in [1.165, 1.54) is 0 Å². The predicted octanol–water partition coefficient (Wildman–Crippen LogP) is 2.33. The molecule has 0 aliphatic rings. The molecule has 0 heterocycles. The molecule has 0 aliphatic heterocycles. The fraction of sp³-hybridized carbons (Fsp3) is 0.556. The topological polar surface area (TPSA) is 79.5 Å². The first-order chi connectivity index (χ1) is 11.5. The minimum absolute atomic E-state index is 0.0467. The number of rotatable bonds is 10. The van der Waals surface area contributed by atoms with Crippen LogP contribution in [0.5, 0.6) is 0 Å². The van der Waals surface area contributed by atoms with Crippen molar-refractivity contribution in [2.24, 2.45) is 0 Å². The second-order valence-electron chi connectivity index (χ2n) is 5.69. The average molecular weight is 335 g/mol. The van der Waals surface area contributed by atoms with Crippen LogP contribution in [-0.4, -0.2) is 31.1 Å². The van der Waals surface area contributed by atoms with Gasteiger partial charge in [-0.2, -0.15) is 0 Å². The molecule has 1 aromatic rings. The molecular weight excluding hydrogens is 306 g/mol. The Morgan fingerprint density at radius 1 is 1.08 bits per heavy atom. The Kier molecular flexibility index (Phi) is 9.53. The van der Waals surface area contributed by atoms with Gasteiger partial charge >= 0.3 is 6.03 Å². The molecule has 0 aromatic heterocycles. The second-order valence-corrected chi connectivity index (χ2v) is 5.69. The molecule has 0 bridgehead atoms. The number of carbonyl (C=O) groups excluding carboxylic acids is 2. The summed E-state index contributed by atoms with van der Waals surface area (Å²) in [5.74, 6) is -0.0467. The number of carbonyl (C=O) groups is 2. The van der Waals surface area contributed by atoms with E-state index in [2.05, 4.69) is 16.0 Å². The molecule has 1 atom stereocenters. The van der Waals surface area contributed by atoms with Gasteiger partial charge < -0.3 is 20.7 Å². The zero-order valence-electron chi connectivity index (χ0n) is 14.9. The Labute approximate surface area is 144 Å². The van der Waals surface area contributed by atoms with Crippen LogP contribution < -0.4 is 16.0 Å². The number of amides is 3. The van der Waals surface area contributed by atoms with E-state index in [-0.39, 0.29) is 24.4 Å². The molecule has 6 nitrogen and oxygen atoms in total. The fourth-order valence-electron chi connectivity index (χ4n) is 1.96. The summed E-state index contributed by atoms with van der Waals surface area (Å²) in [4.78, 5) is 23.3. The summed E-state index contributed by atoms with van der Waals surface area (Å²) in [7, 11) is 0. The van der Waals surface area contributed by atoms with Gasteiger partial charge in [0.15, 0.2) is 0 Å². The lowest BCUT2D eigenvalue weighted by atomic mass is 10.1. The highest BCUT2D eigenvalue weighted by Gasteiger charge is 2.06. The highest BCUT2D eigenvalue weighted by atomic mass is 16.5. The van der Waals surface area contributed by atoms with Crippen LogP contribution >= 0.6 is 0 Å². The standard InChI is InChI=1S/C18H29N3O3/c1-4-14(3)21-17(22)10-11-19-18(23)20-12-15-6-8-16(9-7-15)13-24-5-2/h6-9,14H,4-5,10-13H2,1-3H3,(H,21,22)(H2,19,20,23)/t14-/m0/s1. The molecule has 6 heteroatoms. The molecule has 3 N–H and O–H groups in total. The average Bonchev–Trinajstić information content (AvgIpc) is 2.58. The maximum Gasteiger partial charge on any atom is 0.315 e. The smallest absolute Gasteiger partial charge is 0.315 e. The maximum atomic E-state index is 11.7. The lowest BCUT2D eigenvalue weighted by molar-refractivity contribution is -0.121. The number of hydrogen-bond donors (Lipinski definition) is 3. The van der Waals surface area contributed by atoms with Crippen LogP contribution in [0.15, 0.2) is 24.3 Å². The molecule has 134 valence electrons. The van der Waals surface area contributed by atoms with Gasteiger partial charge in [0, 0.05) is 32.2 Å². The van der Waals surface area contributed by atoms with E-state index in [0.717, 1.165) is 17.5 Å². The Bertz CT molecular complexity index is 503. The van der Waals surface area contributed by atoms with Crippen LogP contribution in [0.3, 0.4) is 0 Å². The Morgan fingerprint density at radius 3 is 2.38 bits per heavy atom. The van der Waals surface area contributed by atoms with Crippen molar-refractivity contribution in [2.45, 2.75) is 52.8 Å². The molecule has 0 fully saturated rings. The van der Waals surface area contributed by atoms with Crippen LogP contribution in [0.1, 0.15) is 44.7 Å². The van der Waals surface area contributed by atoms with E-state index in [4.69, 9.17) is 4.74 Å². The molecular formula is C18H29N3O3. The first-order valence-corrected chi connectivity index (χ1v) is 8.51. The van der Waals surface area contributed by atoms with Gasteiger partial charge in [-0.25, -0.2) is 4.79 Å². The summed E-state index contributed by atoms with van der Waals surface area (Å²) in [5, 5.41) is 8.32. The number of urea groups is 1. The van der Waals surface area contributed by atoms with Gasteiger partial charge in [0.2, 0.25) is 5.91 Å². The molecule has 24 heavy (non-hydrogen) atoms. The van der Waals surface area contributed by atoms with Crippen LogP contribution in [0.2, 0.25) is 0 Å². The van der Waals surface area contributed by atoms with E-state index >= 15 is 0 Å². The molecule has 0 spiro atoms. The molecule has 0 saturated heterocycles. The molecule has 3 amide bonds. The SMILES string of the molecule is CCOCc1ccc(CNC(=O)NCCC(=O)N[C@@H](C)CC)cc1. The summed E-state index contributed by atoms with van der Waals surface area (Å²) < 4.78 is 5.34. The zero-order valence-corrected chi connectivity index (χ0v) is 14.9. The van der Waals surface area contributed by atoms with Crippen LogP contribution in [0.25, 0.3) is 0 Å². The van der Waals surface area contributed by atoms with E-state index in [0.29, 0.717) is 26.3 Å². The predicted molar refractivity (Wildman–Crippen MR) is 94.5 cm³/mol. The molecule has 1 rings (SSSR count). The first-order valence-electron chi connectivity index (χ1n) is 8.51. The van der Waals surface area contributed by atoms with Crippen molar-refractivity contribution in [1.82, 2.24) is 16.0 Å². The van der Waals surface area contributed by atoms with E-state index in [1.54, 1.807) is 0 Å². The van der Waals surface area contributed by atoms with Crippen LogP contribution in [0.4, 0.5) is 4.79 Å². The minimum atomic E-state index is -0.273.